The van der Waals surface area contributed by atoms with Crippen LogP contribution in [0.1, 0.15) is 22.4 Å². The van der Waals surface area contributed by atoms with Crippen LogP contribution in [0, 0.1) is 0 Å². The SMILES string of the molecule is Nc1ccc(-c2nc3c(c(=O)[nH]2)CN(Cc2ccc(C(F)(F)F)cc2)CC3)cc1. The van der Waals surface area contributed by atoms with E-state index in [0.717, 1.165) is 29.0 Å². The Bertz CT molecular complexity index is 1070. The lowest BCUT2D eigenvalue weighted by molar-refractivity contribution is -0.137. The van der Waals surface area contributed by atoms with Crippen LogP contribution in [0.5, 0.6) is 0 Å². The molecule has 0 amide bonds. The molecule has 0 unspecified atom stereocenters. The monoisotopic (exact) mass is 400 g/mol. The third kappa shape index (κ3) is 4.17. The minimum Gasteiger partial charge on any atom is -0.399 e. The van der Waals surface area contributed by atoms with Gasteiger partial charge in [0.1, 0.15) is 5.82 Å². The van der Waals surface area contributed by atoms with E-state index in [0.29, 0.717) is 43.1 Å². The minimum absolute atomic E-state index is 0.195. The number of nitrogens with one attached hydrogen (secondary N) is 1. The molecule has 3 aromatic rings. The Morgan fingerprint density at radius 2 is 1.76 bits per heavy atom. The van der Waals surface area contributed by atoms with E-state index in [1.165, 1.54) is 12.1 Å². The minimum atomic E-state index is -4.34. The first kappa shape index (κ1) is 19.2. The Morgan fingerprint density at radius 3 is 2.41 bits per heavy atom. The zero-order valence-corrected chi connectivity index (χ0v) is 15.5. The maximum atomic E-state index is 12.7. The molecule has 1 aromatic heterocycles. The van der Waals surface area contributed by atoms with Crippen LogP contribution in [-0.4, -0.2) is 21.4 Å². The Balaban J connectivity index is 1.51. The number of H-pyrrole nitrogens is 1. The van der Waals surface area contributed by atoms with Gasteiger partial charge in [0.15, 0.2) is 0 Å². The fourth-order valence-electron chi connectivity index (χ4n) is 3.45. The van der Waals surface area contributed by atoms with Gasteiger partial charge in [-0.15, -0.1) is 0 Å². The average Bonchev–Trinajstić information content (AvgIpc) is 2.68. The van der Waals surface area contributed by atoms with E-state index < -0.39 is 11.7 Å². The van der Waals surface area contributed by atoms with Gasteiger partial charge in [-0.25, -0.2) is 4.98 Å². The van der Waals surface area contributed by atoms with Crippen molar-refractivity contribution < 1.29 is 13.2 Å². The quantitative estimate of drug-likeness (QED) is 0.659. The molecule has 0 radical (unpaired) electrons. The zero-order chi connectivity index (χ0) is 20.6. The van der Waals surface area contributed by atoms with Crippen LogP contribution in [0.25, 0.3) is 11.4 Å². The number of anilines is 1. The second kappa shape index (κ2) is 7.36. The fraction of sp³-hybridized carbons (Fsp3) is 0.238. The summed E-state index contributed by atoms with van der Waals surface area (Å²) >= 11 is 0. The number of aromatic amines is 1. The van der Waals surface area contributed by atoms with E-state index in [1.807, 2.05) is 4.90 Å². The number of hydrogen-bond donors (Lipinski definition) is 2. The number of nitrogens with two attached hydrogens (primary N) is 1. The lowest BCUT2D eigenvalue weighted by atomic mass is 10.0. The van der Waals surface area contributed by atoms with Crippen molar-refractivity contribution in [2.75, 3.05) is 12.3 Å². The van der Waals surface area contributed by atoms with Crippen molar-refractivity contribution in [2.24, 2.45) is 0 Å². The summed E-state index contributed by atoms with van der Waals surface area (Å²) < 4.78 is 38.1. The molecule has 1 aliphatic rings. The molecule has 2 aromatic carbocycles. The Labute approximate surface area is 165 Å². The summed E-state index contributed by atoms with van der Waals surface area (Å²) in [5.74, 6) is 0.505. The normalized spacial score (nSPS) is 14.6. The first-order valence-corrected chi connectivity index (χ1v) is 9.16. The lowest BCUT2D eigenvalue weighted by Crippen LogP contribution is -2.35. The van der Waals surface area contributed by atoms with E-state index in [9.17, 15) is 18.0 Å². The highest BCUT2D eigenvalue weighted by atomic mass is 19.4. The summed E-state index contributed by atoms with van der Waals surface area (Å²) in [7, 11) is 0. The van der Waals surface area contributed by atoms with E-state index in [2.05, 4.69) is 9.97 Å². The van der Waals surface area contributed by atoms with Crippen molar-refractivity contribution in [3.63, 3.8) is 0 Å². The number of alkyl halides is 3. The largest absolute Gasteiger partial charge is 0.416 e. The van der Waals surface area contributed by atoms with Crippen LogP contribution in [-0.2, 0) is 25.7 Å². The van der Waals surface area contributed by atoms with E-state index in [4.69, 9.17) is 5.73 Å². The molecule has 8 heteroatoms. The summed E-state index contributed by atoms with van der Waals surface area (Å²) in [5.41, 5.74) is 8.38. The Kier molecular flexibility index (Phi) is 4.87. The number of nitrogens with zero attached hydrogens (tertiary/aromatic N) is 2. The second-order valence-corrected chi connectivity index (χ2v) is 7.12. The van der Waals surface area contributed by atoms with E-state index in [1.54, 1.807) is 24.3 Å². The van der Waals surface area contributed by atoms with E-state index in [-0.39, 0.29) is 5.56 Å². The fourth-order valence-corrected chi connectivity index (χ4v) is 3.45. The van der Waals surface area contributed by atoms with Crippen LogP contribution in [0.2, 0.25) is 0 Å². The van der Waals surface area contributed by atoms with Crippen LogP contribution in [0.4, 0.5) is 18.9 Å². The molecule has 0 spiro atoms. The number of hydrogen-bond acceptors (Lipinski definition) is 4. The molecule has 5 nitrogen and oxygen atoms in total. The van der Waals surface area contributed by atoms with Crippen LogP contribution < -0.4 is 11.3 Å². The third-order valence-corrected chi connectivity index (χ3v) is 5.02. The summed E-state index contributed by atoms with van der Waals surface area (Å²) in [6.07, 6.45) is -3.74. The molecule has 3 N–H and O–H groups in total. The second-order valence-electron chi connectivity index (χ2n) is 7.12. The molecule has 150 valence electrons. The number of rotatable bonds is 3. The Morgan fingerprint density at radius 1 is 1.07 bits per heavy atom. The predicted molar refractivity (Wildman–Crippen MR) is 104 cm³/mol. The summed E-state index contributed by atoms with van der Waals surface area (Å²) in [6, 6.07) is 12.2. The summed E-state index contributed by atoms with van der Waals surface area (Å²) in [6.45, 7) is 1.54. The molecule has 4 rings (SSSR count). The number of halogens is 3. The molecule has 1 aliphatic heterocycles. The lowest BCUT2D eigenvalue weighted by Gasteiger charge is -2.27. The van der Waals surface area contributed by atoms with Crippen LogP contribution in [0.15, 0.2) is 53.3 Å². The van der Waals surface area contributed by atoms with Gasteiger partial charge < -0.3 is 10.7 Å². The highest BCUT2D eigenvalue weighted by Crippen LogP contribution is 2.29. The molecule has 0 fully saturated rings. The molecule has 0 atom stereocenters. The molecule has 2 heterocycles. The van der Waals surface area contributed by atoms with Crippen LogP contribution >= 0.6 is 0 Å². The summed E-state index contributed by atoms with van der Waals surface area (Å²) in [4.78, 5) is 22.1. The van der Waals surface area contributed by atoms with Gasteiger partial charge in [0.2, 0.25) is 0 Å². The first-order valence-electron chi connectivity index (χ1n) is 9.16. The van der Waals surface area contributed by atoms with Gasteiger partial charge in [0, 0.05) is 37.3 Å². The highest BCUT2D eigenvalue weighted by molar-refractivity contribution is 5.58. The molecule has 0 bridgehead atoms. The summed E-state index contributed by atoms with van der Waals surface area (Å²) in [5, 5.41) is 0. The molecule has 0 saturated heterocycles. The van der Waals surface area contributed by atoms with Gasteiger partial charge in [-0.1, -0.05) is 12.1 Å². The topological polar surface area (TPSA) is 75.0 Å². The molecular formula is C21H19F3N4O. The number of fused-ring (bicyclic) bond motifs is 1. The molecular weight excluding hydrogens is 381 g/mol. The van der Waals surface area contributed by atoms with Gasteiger partial charge in [-0.05, 0) is 42.0 Å². The highest BCUT2D eigenvalue weighted by Gasteiger charge is 2.30. The van der Waals surface area contributed by atoms with Gasteiger partial charge in [-0.3, -0.25) is 9.69 Å². The maximum absolute atomic E-state index is 12.7. The molecule has 0 aliphatic carbocycles. The van der Waals surface area contributed by atoms with Crippen molar-refractivity contribution in [1.82, 2.24) is 14.9 Å². The first-order chi connectivity index (χ1) is 13.8. The van der Waals surface area contributed by atoms with Gasteiger partial charge in [0.25, 0.3) is 5.56 Å². The van der Waals surface area contributed by atoms with Crippen molar-refractivity contribution in [3.05, 3.63) is 81.3 Å². The zero-order valence-electron chi connectivity index (χ0n) is 15.5. The van der Waals surface area contributed by atoms with Gasteiger partial charge in [-0.2, -0.15) is 13.2 Å². The van der Waals surface area contributed by atoms with Crippen LogP contribution in [0.3, 0.4) is 0 Å². The smallest absolute Gasteiger partial charge is 0.399 e. The predicted octanol–water partition coefficient (Wildman–Crippen LogP) is 3.60. The van der Waals surface area contributed by atoms with Gasteiger partial charge in [0.05, 0.1) is 16.8 Å². The van der Waals surface area contributed by atoms with E-state index >= 15 is 0 Å². The van der Waals surface area contributed by atoms with Crippen molar-refractivity contribution >= 4 is 5.69 Å². The average molecular weight is 400 g/mol. The number of benzene rings is 2. The Hall–Kier alpha value is -3.13. The standard InChI is InChI=1S/C21H19F3N4O/c22-21(23,24)15-5-1-13(2-6-15)11-28-10-9-18-17(12-28)20(29)27-19(26-18)14-3-7-16(25)8-4-14/h1-8H,9-12,25H2,(H,26,27,29). The maximum Gasteiger partial charge on any atom is 0.416 e. The number of aromatic nitrogens is 2. The van der Waals surface area contributed by atoms with Gasteiger partial charge >= 0.3 is 6.18 Å². The third-order valence-electron chi connectivity index (χ3n) is 5.02. The van der Waals surface area contributed by atoms with Crippen molar-refractivity contribution in [1.29, 1.82) is 0 Å². The van der Waals surface area contributed by atoms with Crippen molar-refractivity contribution in [2.45, 2.75) is 25.7 Å². The molecule has 0 saturated carbocycles. The molecule has 29 heavy (non-hydrogen) atoms. The van der Waals surface area contributed by atoms with Crippen molar-refractivity contribution in [3.8, 4) is 11.4 Å². The number of nitrogen functional groups attached to an aromatic ring is 1.